The quantitative estimate of drug-likeness (QED) is 0.867. The first-order chi connectivity index (χ1) is 11.7. The average molecular weight is 327 g/mol. The molecule has 0 aliphatic carbocycles. The molecule has 6 heteroatoms. The SMILES string of the molecule is COc1ccc2c(c1)CCN2C(=O)c1cn(C)nc1[C@@H]1CCOC1. The summed E-state index contributed by atoms with van der Waals surface area (Å²) < 4.78 is 12.5. The van der Waals surface area contributed by atoms with Gasteiger partial charge < -0.3 is 14.4 Å². The number of aryl methyl sites for hydroxylation is 1. The van der Waals surface area contributed by atoms with E-state index in [2.05, 4.69) is 5.10 Å². The van der Waals surface area contributed by atoms with Crippen LogP contribution in [0.4, 0.5) is 5.69 Å². The monoisotopic (exact) mass is 327 g/mol. The number of anilines is 1. The summed E-state index contributed by atoms with van der Waals surface area (Å²) in [7, 11) is 3.52. The molecule has 1 aromatic carbocycles. The van der Waals surface area contributed by atoms with E-state index in [1.54, 1.807) is 11.8 Å². The molecule has 0 N–H and O–H groups in total. The molecule has 24 heavy (non-hydrogen) atoms. The van der Waals surface area contributed by atoms with Crippen LogP contribution in [0, 0.1) is 0 Å². The Balaban J connectivity index is 1.66. The summed E-state index contributed by atoms with van der Waals surface area (Å²) in [6, 6.07) is 5.88. The minimum atomic E-state index is 0.0221. The first kappa shape index (κ1) is 15.2. The third kappa shape index (κ3) is 2.47. The number of carbonyl (C=O) groups is 1. The highest BCUT2D eigenvalue weighted by molar-refractivity contribution is 6.08. The Morgan fingerprint density at radius 3 is 3.04 bits per heavy atom. The van der Waals surface area contributed by atoms with Crippen molar-refractivity contribution >= 4 is 11.6 Å². The van der Waals surface area contributed by atoms with Crippen LogP contribution in [-0.2, 0) is 18.2 Å². The second kappa shape index (κ2) is 5.94. The van der Waals surface area contributed by atoms with Crippen molar-refractivity contribution in [3.05, 3.63) is 41.2 Å². The van der Waals surface area contributed by atoms with Crippen LogP contribution in [0.2, 0.25) is 0 Å². The molecule has 1 atom stereocenters. The zero-order valence-corrected chi connectivity index (χ0v) is 14.0. The number of aromatic nitrogens is 2. The second-order valence-corrected chi connectivity index (χ2v) is 6.36. The lowest BCUT2D eigenvalue weighted by molar-refractivity contribution is 0.0988. The molecule has 0 radical (unpaired) electrons. The Morgan fingerprint density at radius 2 is 2.29 bits per heavy atom. The number of hydrogen-bond donors (Lipinski definition) is 0. The zero-order valence-electron chi connectivity index (χ0n) is 14.0. The standard InChI is InChI=1S/C18H21N3O3/c1-20-10-15(17(19-20)13-6-8-24-11-13)18(22)21-7-5-12-9-14(23-2)3-4-16(12)21/h3-4,9-10,13H,5-8,11H2,1-2H3/t13-/m1/s1. The van der Waals surface area contributed by atoms with Crippen molar-refractivity contribution in [2.75, 3.05) is 31.8 Å². The molecule has 1 amide bonds. The maximum Gasteiger partial charge on any atom is 0.261 e. The van der Waals surface area contributed by atoms with Crippen LogP contribution in [-0.4, -0.2) is 42.6 Å². The number of rotatable bonds is 3. The van der Waals surface area contributed by atoms with Crippen molar-refractivity contribution in [3.63, 3.8) is 0 Å². The highest BCUT2D eigenvalue weighted by Crippen LogP contribution is 2.34. The summed E-state index contributed by atoms with van der Waals surface area (Å²) in [4.78, 5) is 15.0. The van der Waals surface area contributed by atoms with Gasteiger partial charge >= 0.3 is 0 Å². The van der Waals surface area contributed by atoms with Gasteiger partial charge in [0.2, 0.25) is 0 Å². The number of amides is 1. The number of fused-ring (bicyclic) bond motifs is 1. The lowest BCUT2D eigenvalue weighted by Crippen LogP contribution is -2.29. The summed E-state index contributed by atoms with van der Waals surface area (Å²) in [6.07, 6.45) is 3.60. The number of ether oxygens (including phenoxy) is 2. The second-order valence-electron chi connectivity index (χ2n) is 6.36. The van der Waals surface area contributed by atoms with Gasteiger partial charge in [-0.2, -0.15) is 5.10 Å². The van der Waals surface area contributed by atoms with Gasteiger partial charge in [0.1, 0.15) is 5.75 Å². The van der Waals surface area contributed by atoms with Gasteiger partial charge in [-0.25, -0.2) is 0 Å². The van der Waals surface area contributed by atoms with E-state index in [9.17, 15) is 4.79 Å². The molecule has 2 aliphatic rings. The number of hydrogen-bond acceptors (Lipinski definition) is 4. The Bertz CT molecular complexity index is 778. The predicted molar refractivity (Wildman–Crippen MR) is 89.8 cm³/mol. The Labute approximate surface area is 141 Å². The minimum Gasteiger partial charge on any atom is -0.497 e. The van der Waals surface area contributed by atoms with Crippen LogP contribution in [0.1, 0.15) is 34.0 Å². The van der Waals surface area contributed by atoms with E-state index >= 15 is 0 Å². The number of methoxy groups -OCH3 is 1. The van der Waals surface area contributed by atoms with Crippen LogP contribution in [0.25, 0.3) is 0 Å². The van der Waals surface area contributed by atoms with Gasteiger partial charge in [0.15, 0.2) is 0 Å². The summed E-state index contributed by atoms with van der Waals surface area (Å²) in [5, 5.41) is 4.54. The molecule has 4 rings (SSSR count). The summed E-state index contributed by atoms with van der Waals surface area (Å²) in [5.74, 6) is 1.06. The van der Waals surface area contributed by atoms with Gasteiger partial charge in [0.25, 0.3) is 5.91 Å². The van der Waals surface area contributed by atoms with Gasteiger partial charge in [0.05, 0.1) is 25.0 Å². The maximum absolute atomic E-state index is 13.2. The van der Waals surface area contributed by atoms with E-state index in [0.717, 1.165) is 42.1 Å². The normalized spacial score (nSPS) is 19.6. The predicted octanol–water partition coefficient (Wildman–Crippen LogP) is 2.14. The lowest BCUT2D eigenvalue weighted by atomic mass is 10.0. The molecule has 1 aromatic heterocycles. The summed E-state index contributed by atoms with van der Waals surface area (Å²) >= 11 is 0. The lowest BCUT2D eigenvalue weighted by Gasteiger charge is -2.18. The summed E-state index contributed by atoms with van der Waals surface area (Å²) in [6.45, 7) is 2.07. The summed E-state index contributed by atoms with van der Waals surface area (Å²) in [5.41, 5.74) is 3.68. The third-order valence-corrected chi connectivity index (χ3v) is 4.83. The van der Waals surface area contributed by atoms with E-state index < -0.39 is 0 Å². The first-order valence-corrected chi connectivity index (χ1v) is 8.27. The van der Waals surface area contributed by atoms with Crippen LogP contribution >= 0.6 is 0 Å². The van der Waals surface area contributed by atoms with E-state index in [-0.39, 0.29) is 11.8 Å². The third-order valence-electron chi connectivity index (χ3n) is 4.83. The molecule has 1 fully saturated rings. The number of benzene rings is 1. The molecular formula is C18H21N3O3. The topological polar surface area (TPSA) is 56.6 Å². The van der Waals surface area contributed by atoms with Crippen LogP contribution < -0.4 is 9.64 Å². The van der Waals surface area contributed by atoms with Crippen molar-refractivity contribution in [2.24, 2.45) is 7.05 Å². The van der Waals surface area contributed by atoms with Crippen molar-refractivity contribution < 1.29 is 14.3 Å². The van der Waals surface area contributed by atoms with Crippen LogP contribution in [0.3, 0.4) is 0 Å². The molecular weight excluding hydrogens is 306 g/mol. The fraction of sp³-hybridized carbons (Fsp3) is 0.444. The molecule has 3 heterocycles. The average Bonchev–Trinajstić information content (AvgIpc) is 3.32. The molecule has 0 bridgehead atoms. The highest BCUT2D eigenvalue weighted by Gasteiger charge is 2.32. The van der Waals surface area contributed by atoms with E-state index in [0.29, 0.717) is 18.7 Å². The van der Waals surface area contributed by atoms with Gasteiger partial charge in [0, 0.05) is 38.0 Å². The molecule has 0 unspecified atom stereocenters. The molecule has 2 aromatic rings. The zero-order chi connectivity index (χ0) is 16.7. The molecule has 1 saturated heterocycles. The van der Waals surface area contributed by atoms with Crippen LogP contribution in [0.5, 0.6) is 5.75 Å². The molecule has 126 valence electrons. The van der Waals surface area contributed by atoms with Gasteiger partial charge in [-0.15, -0.1) is 0 Å². The Hall–Kier alpha value is -2.34. The Kier molecular flexibility index (Phi) is 3.76. The van der Waals surface area contributed by atoms with Gasteiger partial charge in [-0.3, -0.25) is 9.48 Å². The van der Waals surface area contributed by atoms with Crippen LogP contribution in [0.15, 0.2) is 24.4 Å². The largest absolute Gasteiger partial charge is 0.497 e. The van der Waals surface area contributed by atoms with E-state index in [1.165, 1.54) is 0 Å². The molecule has 2 aliphatic heterocycles. The van der Waals surface area contributed by atoms with E-state index in [1.807, 2.05) is 36.3 Å². The Morgan fingerprint density at radius 1 is 1.42 bits per heavy atom. The first-order valence-electron chi connectivity index (χ1n) is 8.27. The highest BCUT2D eigenvalue weighted by atomic mass is 16.5. The fourth-order valence-electron chi connectivity index (χ4n) is 3.58. The molecule has 6 nitrogen and oxygen atoms in total. The number of nitrogens with zero attached hydrogens (tertiary/aromatic N) is 3. The van der Waals surface area contributed by atoms with Crippen molar-refractivity contribution in [1.82, 2.24) is 9.78 Å². The van der Waals surface area contributed by atoms with Crippen molar-refractivity contribution in [2.45, 2.75) is 18.8 Å². The van der Waals surface area contributed by atoms with Gasteiger partial charge in [-0.05, 0) is 36.6 Å². The number of carbonyl (C=O) groups excluding carboxylic acids is 1. The smallest absolute Gasteiger partial charge is 0.261 e. The maximum atomic E-state index is 13.2. The fourth-order valence-corrected chi connectivity index (χ4v) is 3.58. The molecule has 0 spiro atoms. The van der Waals surface area contributed by atoms with Crippen molar-refractivity contribution in [1.29, 1.82) is 0 Å². The van der Waals surface area contributed by atoms with Gasteiger partial charge in [-0.1, -0.05) is 0 Å². The molecule has 0 saturated carbocycles. The van der Waals surface area contributed by atoms with E-state index in [4.69, 9.17) is 9.47 Å². The van der Waals surface area contributed by atoms with Crippen molar-refractivity contribution in [3.8, 4) is 5.75 Å². The minimum absolute atomic E-state index is 0.0221.